The molecule has 1 atom stereocenters. The number of nitrogens with one attached hydrogen (secondary N) is 1. The van der Waals surface area contributed by atoms with E-state index in [2.05, 4.69) is 5.32 Å². The van der Waals surface area contributed by atoms with Gasteiger partial charge in [0.25, 0.3) is 5.91 Å². The van der Waals surface area contributed by atoms with Crippen molar-refractivity contribution < 1.29 is 14.7 Å². The zero-order chi connectivity index (χ0) is 17.3. The Balaban J connectivity index is 1.66. The lowest BCUT2D eigenvalue weighted by Gasteiger charge is -2.32. The molecule has 2 N–H and O–H groups in total. The summed E-state index contributed by atoms with van der Waals surface area (Å²) in [6.07, 6.45) is 4.06. The predicted octanol–water partition coefficient (Wildman–Crippen LogP) is 2.39. The maximum atomic E-state index is 12.8. The number of nitrogens with zero attached hydrogens (tertiary/aromatic N) is 1. The molecule has 5 nitrogen and oxygen atoms in total. The maximum Gasteiger partial charge on any atom is 0.257 e. The lowest BCUT2D eigenvalue weighted by atomic mass is 9.95. The van der Waals surface area contributed by atoms with Gasteiger partial charge >= 0.3 is 0 Å². The number of aryl methyl sites for hydroxylation is 1. The van der Waals surface area contributed by atoms with E-state index in [0.29, 0.717) is 24.6 Å². The van der Waals surface area contributed by atoms with Crippen molar-refractivity contribution in [3.8, 4) is 5.75 Å². The van der Waals surface area contributed by atoms with Crippen LogP contribution in [0.2, 0.25) is 0 Å². The van der Waals surface area contributed by atoms with Gasteiger partial charge in [0, 0.05) is 19.6 Å². The first-order chi connectivity index (χ1) is 11.5. The highest BCUT2D eigenvalue weighted by Crippen LogP contribution is 2.29. The third-order valence-corrected chi connectivity index (χ3v) is 5.27. The molecule has 1 aliphatic carbocycles. The molecule has 5 heteroatoms. The van der Waals surface area contributed by atoms with Crippen molar-refractivity contribution in [3.63, 3.8) is 0 Å². The van der Waals surface area contributed by atoms with E-state index in [9.17, 15) is 14.7 Å². The minimum absolute atomic E-state index is 0.0558. The second-order valence-corrected chi connectivity index (χ2v) is 7.18. The Morgan fingerprint density at radius 1 is 1.25 bits per heavy atom. The van der Waals surface area contributed by atoms with Crippen LogP contribution in [-0.4, -0.2) is 41.5 Å². The minimum Gasteiger partial charge on any atom is -0.507 e. The first-order valence-electron chi connectivity index (χ1n) is 8.83. The first-order valence-corrected chi connectivity index (χ1v) is 8.83. The average molecular weight is 330 g/mol. The molecular weight excluding hydrogens is 304 g/mol. The smallest absolute Gasteiger partial charge is 0.257 e. The Morgan fingerprint density at radius 3 is 2.71 bits per heavy atom. The van der Waals surface area contributed by atoms with Gasteiger partial charge in [0.15, 0.2) is 0 Å². The fourth-order valence-corrected chi connectivity index (χ4v) is 3.23. The fraction of sp³-hybridized carbons (Fsp3) is 0.579. The quantitative estimate of drug-likeness (QED) is 0.890. The van der Waals surface area contributed by atoms with Crippen LogP contribution in [0.25, 0.3) is 0 Å². The number of phenolic OH excluding ortho intramolecular Hbond substituents is 1. The van der Waals surface area contributed by atoms with E-state index in [1.807, 2.05) is 19.9 Å². The third-order valence-electron chi connectivity index (χ3n) is 5.27. The summed E-state index contributed by atoms with van der Waals surface area (Å²) in [7, 11) is 0. The second kappa shape index (κ2) is 6.83. The molecule has 3 rings (SSSR count). The van der Waals surface area contributed by atoms with Crippen molar-refractivity contribution in [2.45, 2.75) is 39.5 Å². The minimum atomic E-state index is -0.185. The monoisotopic (exact) mass is 330 g/mol. The van der Waals surface area contributed by atoms with Crippen LogP contribution in [0.15, 0.2) is 12.1 Å². The number of phenols is 1. The molecule has 1 heterocycles. The molecular formula is C19H26N2O3. The van der Waals surface area contributed by atoms with Crippen LogP contribution in [0.5, 0.6) is 5.75 Å². The number of rotatable bonds is 4. The topological polar surface area (TPSA) is 69.6 Å². The van der Waals surface area contributed by atoms with Crippen molar-refractivity contribution in [2.75, 3.05) is 19.6 Å². The number of amides is 2. The van der Waals surface area contributed by atoms with Gasteiger partial charge in [-0.2, -0.15) is 0 Å². The van der Waals surface area contributed by atoms with Gasteiger partial charge in [0.2, 0.25) is 5.91 Å². The lowest BCUT2D eigenvalue weighted by molar-refractivity contribution is -0.126. The van der Waals surface area contributed by atoms with E-state index in [0.717, 1.165) is 30.5 Å². The number of piperidine rings is 1. The summed E-state index contributed by atoms with van der Waals surface area (Å²) in [5.74, 6) is 0.442. The van der Waals surface area contributed by atoms with Crippen molar-refractivity contribution in [1.82, 2.24) is 10.2 Å². The van der Waals surface area contributed by atoms with Crippen LogP contribution in [0.1, 0.15) is 47.2 Å². The highest BCUT2D eigenvalue weighted by atomic mass is 16.3. The molecule has 24 heavy (non-hydrogen) atoms. The summed E-state index contributed by atoms with van der Waals surface area (Å²) >= 11 is 0. The maximum absolute atomic E-state index is 12.8. The summed E-state index contributed by atoms with van der Waals surface area (Å²) in [6.45, 7) is 5.55. The summed E-state index contributed by atoms with van der Waals surface area (Å²) in [5.41, 5.74) is 2.02. The van der Waals surface area contributed by atoms with E-state index in [4.69, 9.17) is 0 Å². The van der Waals surface area contributed by atoms with Crippen molar-refractivity contribution in [3.05, 3.63) is 28.8 Å². The van der Waals surface area contributed by atoms with Crippen LogP contribution in [0, 0.1) is 25.7 Å². The number of likely N-dealkylation sites (tertiary alicyclic amines) is 1. The molecule has 1 saturated carbocycles. The van der Waals surface area contributed by atoms with Gasteiger partial charge in [-0.15, -0.1) is 0 Å². The summed E-state index contributed by atoms with van der Waals surface area (Å²) in [5, 5.41) is 13.3. The molecule has 130 valence electrons. The number of benzene rings is 1. The molecule has 1 aliphatic heterocycles. The molecule has 2 fully saturated rings. The van der Waals surface area contributed by atoms with E-state index in [1.54, 1.807) is 11.0 Å². The number of carbonyl (C=O) groups is 2. The molecule has 1 unspecified atom stereocenters. The van der Waals surface area contributed by atoms with Crippen molar-refractivity contribution >= 4 is 11.8 Å². The fourth-order valence-electron chi connectivity index (χ4n) is 3.23. The normalized spacial score (nSPS) is 20.8. The van der Waals surface area contributed by atoms with Crippen molar-refractivity contribution in [1.29, 1.82) is 0 Å². The van der Waals surface area contributed by atoms with Crippen LogP contribution >= 0.6 is 0 Å². The van der Waals surface area contributed by atoms with Gasteiger partial charge in [0.1, 0.15) is 5.75 Å². The molecule has 2 aliphatic rings. The largest absolute Gasteiger partial charge is 0.507 e. The molecule has 0 aromatic heterocycles. The lowest BCUT2D eigenvalue weighted by Crippen LogP contribution is -2.45. The molecule has 0 radical (unpaired) electrons. The van der Waals surface area contributed by atoms with E-state index >= 15 is 0 Å². The molecule has 0 bridgehead atoms. The number of carbonyl (C=O) groups excluding carboxylic acids is 2. The summed E-state index contributed by atoms with van der Waals surface area (Å²) < 4.78 is 0. The Hall–Kier alpha value is -2.04. The van der Waals surface area contributed by atoms with E-state index in [-0.39, 0.29) is 23.5 Å². The van der Waals surface area contributed by atoms with Crippen LogP contribution < -0.4 is 5.32 Å². The predicted molar refractivity (Wildman–Crippen MR) is 91.9 cm³/mol. The van der Waals surface area contributed by atoms with E-state index in [1.165, 1.54) is 12.8 Å². The van der Waals surface area contributed by atoms with E-state index < -0.39 is 0 Å². The zero-order valence-corrected chi connectivity index (χ0v) is 14.5. The Bertz CT molecular complexity index is 652. The van der Waals surface area contributed by atoms with Crippen LogP contribution in [0.3, 0.4) is 0 Å². The van der Waals surface area contributed by atoms with Gasteiger partial charge in [-0.1, -0.05) is 6.07 Å². The first kappa shape index (κ1) is 16.8. The summed E-state index contributed by atoms with van der Waals surface area (Å²) in [4.78, 5) is 26.8. The number of hydrogen-bond acceptors (Lipinski definition) is 3. The van der Waals surface area contributed by atoms with Gasteiger partial charge in [-0.3, -0.25) is 9.59 Å². The van der Waals surface area contributed by atoms with Gasteiger partial charge < -0.3 is 15.3 Å². The van der Waals surface area contributed by atoms with Crippen LogP contribution in [-0.2, 0) is 4.79 Å². The highest BCUT2D eigenvalue weighted by Gasteiger charge is 2.31. The van der Waals surface area contributed by atoms with Crippen molar-refractivity contribution in [2.24, 2.45) is 11.8 Å². The number of aromatic hydroxyl groups is 1. The van der Waals surface area contributed by atoms with Gasteiger partial charge in [-0.25, -0.2) is 0 Å². The Labute approximate surface area is 143 Å². The Kier molecular flexibility index (Phi) is 4.78. The summed E-state index contributed by atoms with van der Waals surface area (Å²) in [6, 6.07) is 3.53. The third kappa shape index (κ3) is 3.55. The van der Waals surface area contributed by atoms with Crippen LogP contribution in [0.4, 0.5) is 0 Å². The second-order valence-electron chi connectivity index (χ2n) is 7.18. The SMILES string of the molecule is Cc1ccc(C(=O)N2CCCC(C(=O)NCC3CC3)C2)c(O)c1C. The zero-order valence-electron chi connectivity index (χ0n) is 14.5. The molecule has 1 aromatic rings. The standard InChI is InChI=1S/C19H26N2O3/c1-12-5-8-16(17(22)13(12)2)19(24)21-9-3-4-15(11-21)18(23)20-10-14-6-7-14/h5,8,14-15,22H,3-4,6-7,9-11H2,1-2H3,(H,20,23). The van der Waals surface area contributed by atoms with Gasteiger partial charge in [-0.05, 0) is 62.6 Å². The molecule has 2 amide bonds. The number of hydrogen-bond donors (Lipinski definition) is 2. The Morgan fingerprint density at radius 2 is 2.00 bits per heavy atom. The molecule has 1 saturated heterocycles. The average Bonchev–Trinajstić information content (AvgIpc) is 3.42. The highest BCUT2D eigenvalue weighted by molar-refractivity contribution is 5.97. The molecule has 0 spiro atoms. The van der Waals surface area contributed by atoms with Gasteiger partial charge in [0.05, 0.1) is 11.5 Å². The molecule has 1 aromatic carbocycles.